The van der Waals surface area contributed by atoms with Crippen LogP contribution in [0, 0.1) is 0 Å². The summed E-state index contributed by atoms with van der Waals surface area (Å²) in [7, 11) is 0. The summed E-state index contributed by atoms with van der Waals surface area (Å²) in [6, 6.07) is 24.2. The van der Waals surface area contributed by atoms with Crippen LogP contribution < -0.4 is 0 Å². The fraction of sp³-hybridized carbons (Fsp3) is 0. The second-order valence-corrected chi connectivity index (χ2v) is 4.96. The summed E-state index contributed by atoms with van der Waals surface area (Å²) >= 11 is 1.39. The van der Waals surface area contributed by atoms with Gasteiger partial charge in [-0.3, -0.25) is 9.97 Å². The van der Waals surface area contributed by atoms with E-state index in [4.69, 9.17) is 4.79 Å². The molecule has 4 aromatic rings. The van der Waals surface area contributed by atoms with Gasteiger partial charge in [-0.1, -0.05) is 48.5 Å². The van der Waals surface area contributed by atoms with Crippen molar-refractivity contribution in [1.82, 2.24) is 9.97 Å². The van der Waals surface area contributed by atoms with E-state index in [1.165, 1.54) is 30.6 Å². The molecule has 113 valence electrons. The maximum atomic E-state index is 8.81. The molecule has 0 radical (unpaired) electrons. The molecule has 0 spiro atoms. The number of aromatic nitrogens is 2. The Morgan fingerprint density at radius 3 is 1.39 bits per heavy atom. The number of benzene rings is 2. The molecule has 0 amide bonds. The quantitative estimate of drug-likeness (QED) is 0.338. The summed E-state index contributed by atoms with van der Waals surface area (Å²) in [6.07, 6.45) is 3.62. The van der Waals surface area contributed by atoms with Gasteiger partial charge in [-0.15, -0.1) is 0 Å². The molecule has 0 N–H and O–H groups in total. The van der Waals surface area contributed by atoms with Gasteiger partial charge >= 0.3 is 29.3 Å². The third kappa shape index (κ3) is 5.39. The SMILES string of the molecule is O=[CH][Mo].c1ccc2ncccc2c1.c1ccc2ncccc2c1. The van der Waals surface area contributed by atoms with Crippen LogP contribution in [0.3, 0.4) is 0 Å². The Morgan fingerprint density at radius 2 is 1.00 bits per heavy atom. The molecular weight excluding hydrogens is 368 g/mol. The van der Waals surface area contributed by atoms with Crippen molar-refractivity contribution in [2.45, 2.75) is 0 Å². The predicted octanol–water partition coefficient (Wildman–Crippen LogP) is 4.19. The first-order valence-electron chi connectivity index (χ1n) is 7.00. The van der Waals surface area contributed by atoms with Crippen molar-refractivity contribution in [1.29, 1.82) is 0 Å². The summed E-state index contributed by atoms with van der Waals surface area (Å²) in [6.45, 7) is 0. The molecule has 4 heteroatoms. The molecule has 3 nitrogen and oxygen atoms in total. The third-order valence-electron chi connectivity index (χ3n) is 3.02. The van der Waals surface area contributed by atoms with Crippen molar-refractivity contribution in [3.05, 3.63) is 85.2 Å². The van der Waals surface area contributed by atoms with Crippen molar-refractivity contribution in [3.8, 4) is 0 Å². The van der Waals surface area contributed by atoms with E-state index in [2.05, 4.69) is 34.2 Å². The monoisotopic (exact) mass is 385 g/mol. The van der Waals surface area contributed by atoms with Crippen LogP contribution in [0.1, 0.15) is 0 Å². The van der Waals surface area contributed by atoms with E-state index < -0.39 is 0 Å². The van der Waals surface area contributed by atoms with Gasteiger partial charge in [0.1, 0.15) is 0 Å². The standard InChI is InChI=1S/2C9H7N.CHO.Mo/c2*1-2-6-9-8(4-1)5-3-7-10-9;1-2;/h2*1-7H;1H;. The third-order valence-corrected chi connectivity index (χ3v) is 3.02. The maximum absolute atomic E-state index is 8.81. The molecule has 2 aromatic heterocycles. The second kappa shape index (κ2) is 9.60. The molecule has 4 rings (SSSR count). The van der Waals surface area contributed by atoms with Crippen molar-refractivity contribution in [3.63, 3.8) is 0 Å². The van der Waals surface area contributed by atoms with Gasteiger partial charge < -0.3 is 0 Å². The molecule has 0 aliphatic heterocycles. The van der Waals surface area contributed by atoms with E-state index in [-0.39, 0.29) is 0 Å². The van der Waals surface area contributed by atoms with Crippen molar-refractivity contribution in [2.24, 2.45) is 0 Å². The van der Waals surface area contributed by atoms with Crippen molar-refractivity contribution < 1.29 is 24.6 Å². The molecule has 2 heterocycles. The normalized spacial score (nSPS) is 9.22. The summed E-state index contributed by atoms with van der Waals surface area (Å²) in [5, 5.41) is 2.40. The van der Waals surface area contributed by atoms with Crippen molar-refractivity contribution >= 4 is 26.5 Å². The average molecular weight is 383 g/mol. The van der Waals surface area contributed by atoms with Gasteiger partial charge in [-0.2, -0.15) is 0 Å². The van der Waals surface area contributed by atoms with Crippen molar-refractivity contribution in [2.75, 3.05) is 0 Å². The zero-order valence-corrected chi connectivity index (χ0v) is 14.4. The number of pyridine rings is 2. The van der Waals surface area contributed by atoms with Gasteiger partial charge in [-0.25, -0.2) is 0 Å². The van der Waals surface area contributed by atoms with E-state index in [0.717, 1.165) is 15.7 Å². The number of para-hydroxylation sites is 2. The van der Waals surface area contributed by atoms with Crippen LogP contribution in [0.2, 0.25) is 0 Å². The smallest absolute Gasteiger partial charge is 0.0701 e. The summed E-state index contributed by atoms with van der Waals surface area (Å²) < 4.78 is 0.760. The van der Waals surface area contributed by atoms with Gasteiger partial charge in [0.2, 0.25) is 0 Å². The Bertz CT molecular complexity index is 678. The minimum Gasteiger partial charge on any atom is -0.256 e. The van der Waals surface area contributed by atoms with Gasteiger partial charge in [0.05, 0.1) is 11.0 Å². The zero-order chi connectivity index (χ0) is 16.3. The predicted molar refractivity (Wildman–Crippen MR) is 90.2 cm³/mol. The molecule has 23 heavy (non-hydrogen) atoms. The van der Waals surface area contributed by atoms with E-state index in [0.29, 0.717) is 0 Å². The number of carbonyl (C=O) groups excluding carboxylic acids is 1. The van der Waals surface area contributed by atoms with E-state index in [1.807, 2.05) is 60.9 Å². The molecule has 0 fully saturated rings. The zero-order valence-electron chi connectivity index (χ0n) is 12.4. The number of carbonyl (C=O) groups is 1. The minimum atomic E-state index is 0.760. The fourth-order valence-corrected chi connectivity index (χ4v) is 2.03. The molecular formula is C19H15MoN2O. The molecule has 0 aliphatic rings. The van der Waals surface area contributed by atoms with Gasteiger partial charge in [-0.05, 0) is 24.3 Å². The van der Waals surface area contributed by atoms with Crippen LogP contribution in [0.5, 0.6) is 0 Å². The fourth-order valence-electron chi connectivity index (χ4n) is 2.03. The number of rotatable bonds is 0. The molecule has 0 unspecified atom stereocenters. The topological polar surface area (TPSA) is 42.9 Å². The molecule has 0 saturated heterocycles. The molecule has 0 aliphatic carbocycles. The molecule has 0 bridgehead atoms. The van der Waals surface area contributed by atoms with Crippen LogP contribution in [0.4, 0.5) is 0 Å². The molecule has 0 atom stereocenters. The molecule has 0 saturated carbocycles. The summed E-state index contributed by atoms with van der Waals surface area (Å²) in [5.74, 6) is 0. The summed E-state index contributed by atoms with van der Waals surface area (Å²) in [4.78, 5) is 17.2. The first-order chi connectivity index (χ1) is 11.3. The Balaban J connectivity index is 0.000000143. The van der Waals surface area contributed by atoms with Crippen LogP contribution in [-0.2, 0) is 24.6 Å². The first-order valence-corrected chi connectivity index (χ1v) is 8.16. The number of hydrogen-bond donors (Lipinski definition) is 0. The van der Waals surface area contributed by atoms with E-state index >= 15 is 0 Å². The minimum absolute atomic E-state index is 0.760. The van der Waals surface area contributed by atoms with Gasteiger partial charge in [0.15, 0.2) is 0 Å². The van der Waals surface area contributed by atoms with Crippen LogP contribution in [-0.4, -0.2) is 14.6 Å². The number of fused-ring (bicyclic) bond motifs is 2. The van der Waals surface area contributed by atoms with Gasteiger partial charge in [0.25, 0.3) is 0 Å². The average Bonchev–Trinajstić information content (AvgIpc) is 2.63. The van der Waals surface area contributed by atoms with Gasteiger partial charge in [0, 0.05) is 23.2 Å². The number of hydrogen-bond acceptors (Lipinski definition) is 3. The second-order valence-electron chi connectivity index (χ2n) is 4.49. The maximum Gasteiger partial charge on any atom is 0.0701 e. The van der Waals surface area contributed by atoms with E-state index in [1.54, 1.807) is 0 Å². The largest absolute Gasteiger partial charge is 0.256 e. The summed E-state index contributed by atoms with van der Waals surface area (Å²) in [5.41, 5.74) is 2.12. The Kier molecular flexibility index (Phi) is 7.09. The first kappa shape index (κ1) is 17.0. The number of nitrogens with zero attached hydrogens (tertiary/aromatic N) is 2. The Hall–Kier alpha value is -2.38. The Labute approximate surface area is 146 Å². The Morgan fingerprint density at radius 1 is 0.652 bits per heavy atom. The van der Waals surface area contributed by atoms with E-state index in [9.17, 15) is 0 Å². The van der Waals surface area contributed by atoms with Crippen LogP contribution in [0.25, 0.3) is 21.8 Å². The van der Waals surface area contributed by atoms with Crippen LogP contribution in [0.15, 0.2) is 85.2 Å². The molecule has 2 aromatic carbocycles. The van der Waals surface area contributed by atoms with Crippen LogP contribution >= 0.6 is 0 Å².